The molecule has 5 rings (SSSR count). The molecule has 0 amide bonds. The summed E-state index contributed by atoms with van der Waals surface area (Å²) < 4.78 is 7.19. The van der Waals surface area contributed by atoms with E-state index in [2.05, 4.69) is 15.2 Å². The van der Waals surface area contributed by atoms with Crippen molar-refractivity contribution in [2.75, 3.05) is 11.5 Å². The normalized spacial score (nSPS) is 11.4. The van der Waals surface area contributed by atoms with Crippen molar-refractivity contribution in [3.63, 3.8) is 0 Å². The molecule has 0 saturated heterocycles. The maximum atomic E-state index is 6.02. The molecule has 0 aliphatic heterocycles. The van der Waals surface area contributed by atoms with Crippen molar-refractivity contribution in [3.8, 4) is 22.6 Å². The molecule has 4 N–H and O–H groups in total. The summed E-state index contributed by atoms with van der Waals surface area (Å²) in [5.41, 5.74) is 16.3. The van der Waals surface area contributed by atoms with Crippen LogP contribution in [0.2, 0.25) is 0 Å². The minimum Gasteiger partial charge on any atom is -0.399 e. The van der Waals surface area contributed by atoms with Gasteiger partial charge in [-0.1, -0.05) is 41.6 Å². The van der Waals surface area contributed by atoms with E-state index < -0.39 is 0 Å². The van der Waals surface area contributed by atoms with Gasteiger partial charge >= 0.3 is 0 Å². The quantitative estimate of drug-likeness (QED) is 0.476. The highest BCUT2D eigenvalue weighted by atomic mass is 16.5. The lowest BCUT2D eigenvalue weighted by Crippen LogP contribution is -1.94. The molecule has 0 fully saturated rings. The molecule has 5 aromatic rings. The van der Waals surface area contributed by atoms with Crippen molar-refractivity contribution in [3.05, 3.63) is 60.7 Å². The Bertz CT molecular complexity index is 1260. The molecule has 0 atom stereocenters. The van der Waals surface area contributed by atoms with E-state index in [1.165, 1.54) is 0 Å². The van der Waals surface area contributed by atoms with Gasteiger partial charge in [-0.25, -0.2) is 9.50 Å². The zero-order valence-corrected chi connectivity index (χ0v) is 13.6. The van der Waals surface area contributed by atoms with Gasteiger partial charge in [-0.05, 0) is 24.3 Å². The molecule has 26 heavy (non-hydrogen) atoms. The molecule has 7 heteroatoms. The first-order valence-corrected chi connectivity index (χ1v) is 8.07. The summed E-state index contributed by atoms with van der Waals surface area (Å²) in [7, 11) is 0. The molecule has 0 unspecified atom stereocenters. The van der Waals surface area contributed by atoms with Crippen molar-refractivity contribution in [2.24, 2.45) is 0 Å². The van der Waals surface area contributed by atoms with Crippen LogP contribution in [0.25, 0.3) is 39.3 Å². The average molecular weight is 342 g/mol. The Balaban J connectivity index is 1.77. The van der Waals surface area contributed by atoms with Crippen molar-refractivity contribution < 1.29 is 4.52 Å². The molecule has 0 saturated carbocycles. The van der Waals surface area contributed by atoms with Crippen molar-refractivity contribution in [1.82, 2.24) is 19.8 Å². The van der Waals surface area contributed by atoms with Gasteiger partial charge in [0.05, 0.1) is 16.6 Å². The van der Waals surface area contributed by atoms with Crippen molar-refractivity contribution in [1.29, 1.82) is 0 Å². The van der Waals surface area contributed by atoms with Gasteiger partial charge in [0.1, 0.15) is 0 Å². The van der Waals surface area contributed by atoms with Crippen LogP contribution in [-0.4, -0.2) is 19.8 Å². The predicted molar refractivity (Wildman–Crippen MR) is 100 cm³/mol. The minimum atomic E-state index is 0.294. The first-order valence-electron chi connectivity index (χ1n) is 8.07. The number of pyridine rings is 1. The van der Waals surface area contributed by atoms with E-state index in [-0.39, 0.29) is 0 Å². The Hall–Kier alpha value is -3.87. The summed E-state index contributed by atoms with van der Waals surface area (Å²) in [4.78, 5) is 4.64. The molecule has 0 radical (unpaired) electrons. The van der Waals surface area contributed by atoms with E-state index in [9.17, 15) is 0 Å². The lowest BCUT2D eigenvalue weighted by Gasteiger charge is -2.03. The molecular formula is C19H14N6O. The van der Waals surface area contributed by atoms with Crippen molar-refractivity contribution >= 4 is 28.1 Å². The summed E-state index contributed by atoms with van der Waals surface area (Å²) in [6, 6.07) is 19.4. The second-order valence-corrected chi connectivity index (χ2v) is 6.00. The van der Waals surface area contributed by atoms with Gasteiger partial charge in [0, 0.05) is 11.3 Å². The Morgan fingerprint density at radius 1 is 0.923 bits per heavy atom. The molecule has 2 aromatic carbocycles. The molecule has 0 bridgehead atoms. The van der Waals surface area contributed by atoms with E-state index in [1.54, 1.807) is 16.6 Å². The topological polar surface area (TPSA) is 108 Å². The maximum Gasteiger partial charge on any atom is 0.186 e. The molecular weight excluding hydrogens is 328 g/mol. The monoisotopic (exact) mass is 342 g/mol. The Kier molecular flexibility index (Phi) is 2.96. The van der Waals surface area contributed by atoms with E-state index in [0.717, 1.165) is 16.9 Å². The van der Waals surface area contributed by atoms with Gasteiger partial charge < -0.3 is 16.0 Å². The van der Waals surface area contributed by atoms with Gasteiger partial charge in [0.25, 0.3) is 0 Å². The second-order valence-electron chi connectivity index (χ2n) is 6.00. The highest BCUT2D eigenvalue weighted by Crippen LogP contribution is 2.33. The van der Waals surface area contributed by atoms with Crippen LogP contribution in [0.1, 0.15) is 0 Å². The van der Waals surface area contributed by atoms with E-state index in [4.69, 9.17) is 16.0 Å². The molecule has 0 aliphatic carbocycles. The number of nitrogen functional groups attached to an aromatic ring is 2. The SMILES string of the molecule is Nc1cc(-c2nc3cccc(-c4ccccc4)n3n2)c2onc(N)c2c1. The fourth-order valence-corrected chi connectivity index (χ4v) is 3.10. The molecule has 126 valence electrons. The van der Waals surface area contributed by atoms with Crippen LogP contribution >= 0.6 is 0 Å². The van der Waals surface area contributed by atoms with Crippen LogP contribution in [0.15, 0.2) is 65.2 Å². The fraction of sp³-hybridized carbons (Fsp3) is 0. The number of nitrogens with zero attached hydrogens (tertiary/aromatic N) is 4. The first-order chi connectivity index (χ1) is 12.7. The average Bonchev–Trinajstić information content (AvgIpc) is 3.26. The summed E-state index contributed by atoms with van der Waals surface area (Å²) in [5, 5.41) is 9.16. The third-order valence-corrected chi connectivity index (χ3v) is 4.29. The third-order valence-electron chi connectivity index (χ3n) is 4.29. The molecule has 3 heterocycles. The van der Waals surface area contributed by atoms with Gasteiger partial charge in [0.15, 0.2) is 22.9 Å². The highest BCUT2D eigenvalue weighted by Gasteiger charge is 2.17. The third kappa shape index (κ3) is 2.11. The number of benzene rings is 2. The number of rotatable bonds is 2. The van der Waals surface area contributed by atoms with Crippen LogP contribution < -0.4 is 11.5 Å². The Labute approximate surface area is 147 Å². The largest absolute Gasteiger partial charge is 0.399 e. The first kappa shape index (κ1) is 14.5. The summed E-state index contributed by atoms with van der Waals surface area (Å²) >= 11 is 0. The minimum absolute atomic E-state index is 0.294. The highest BCUT2D eigenvalue weighted by molar-refractivity contribution is 5.98. The lowest BCUT2D eigenvalue weighted by molar-refractivity contribution is 0.461. The number of fused-ring (bicyclic) bond motifs is 2. The molecule has 7 nitrogen and oxygen atoms in total. The summed E-state index contributed by atoms with van der Waals surface area (Å²) in [6.45, 7) is 0. The van der Waals surface area contributed by atoms with Gasteiger partial charge in [0.2, 0.25) is 0 Å². The van der Waals surface area contributed by atoms with Crippen LogP contribution in [0, 0.1) is 0 Å². The lowest BCUT2D eigenvalue weighted by atomic mass is 10.1. The van der Waals surface area contributed by atoms with Gasteiger partial charge in [-0.3, -0.25) is 0 Å². The standard InChI is InChI=1S/C19H14N6O/c20-12-9-13-17(26-24-18(13)21)14(10-12)19-22-16-8-4-7-15(25(16)23-19)11-5-2-1-3-6-11/h1-10H,20H2,(H2,21,24). The molecule has 0 spiro atoms. The molecule has 0 aliphatic rings. The zero-order chi connectivity index (χ0) is 17.7. The van der Waals surface area contributed by atoms with Crippen LogP contribution in [-0.2, 0) is 0 Å². The number of hydrogen-bond donors (Lipinski definition) is 2. The van der Waals surface area contributed by atoms with Gasteiger partial charge in [-0.2, -0.15) is 0 Å². The van der Waals surface area contributed by atoms with Crippen LogP contribution in [0.4, 0.5) is 11.5 Å². The Morgan fingerprint density at radius 2 is 1.77 bits per heavy atom. The molecule has 3 aromatic heterocycles. The van der Waals surface area contributed by atoms with Crippen LogP contribution in [0.3, 0.4) is 0 Å². The predicted octanol–water partition coefficient (Wildman–Crippen LogP) is 3.37. The van der Waals surface area contributed by atoms with Crippen molar-refractivity contribution in [2.45, 2.75) is 0 Å². The van der Waals surface area contributed by atoms with E-state index >= 15 is 0 Å². The van der Waals surface area contributed by atoms with Gasteiger partial charge in [-0.15, -0.1) is 5.10 Å². The summed E-state index contributed by atoms with van der Waals surface area (Å²) in [6.07, 6.45) is 0. The fourth-order valence-electron chi connectivity index (χ4n) is 3.10. The smallest absolute Gasteiger partial charge is 0.186 e. The number of aromatic nitrogens is 4. The number of nitrogens with two attached hydrogens (primary N) is 2. The van der Waals surface area contributed by atoms with E-state index in [1.807, 2.05) is 48.5 Å². The maximum absolute atomic E-state index is 6.02. The Morgan fingerprint density at radius 3 is 2.62 bits per heavy atom. The zero-order valence-electron chi connectivity index (χ0n) is 13.6. The summed E-state index contributed by atoms with van der Waals surface area (Å²) in [5.74, 6) is 0.795. The van der Waals surface area contributed by atoms with E-state index in [0.29, 0.717) is 33.9 Å². The number of hydrogen-bond acceptors (Lipinski definition) is 6. The number of anilines is 2. The van der Waals surface area contributed by atoms with Crippen LogP contribution in [0.5, 0.6) is 0 Å². The second kappa shape index (κ2) is 5.32.